The van der Waals surface area contributed by atoms with E-state index in [1.165, 1.54) is 55.5 Å². The van der Waals surface area contributed by atoms with Gasteiger partial charge in [-0.3, -0.25) is 33.8 Å². The number of carbonyl (C=O) groups excluding carboxylic acids is 5. The van der Waals surface area contributed by atoms with Gasteiger partial charge in [-0.15, -0.1) is 0 Å². The molecule has 0 fully saturated rings. The molecular formula is C33H39N6O12P. The van der Waals surface area contributed by atoms with E-state index >= 15 is 0 Å². The fourth-order valence-corrected chi connectivity index (χ4v) is 5.32. The number of anilines is 1. The number of nitrogens with one attached hydrogen (secondary N) is 3. The van der Waals surface area contributed by atoms with Crippen LogP contribution in [0.3, 0.4) is 0 Å². The molecule has 52 heavy (non-hydrogen) atoms. The monoisotopic (exact) mass is 742 g/mol. The Labute approximate surface area is 297 Å². The van der Waals surface area contributed by atoms with E-state index in [2.05, 4.69) is 20.5 Å². The van der Waals surface area contributed by atoms with Crippen LogP contribution in [0.5, 0.6) is 5.75 Å². The van der Waals surface area contributed by atoms with Gasteiger partial charge in [0.25, 0.3) is 0 Å². The third-order valence-electron chi connectivity index (χ3n) is 7.41. The van der Waals surface area contributed by atoms with E-state index in [4.69, 9.17) is 36.8 Å². The van der Waals surface area contributed by atoms with Crippen LogP contribution in [0.25, 0.3) is 0 Å². The maximum Gasteiger partial charge on any atom is 0.524 e. The van der Waals surface area contributed by atoms with Crippen LogP contribution >= 0.6 is 7.82 Å². The van der Waals surface area contributed by atoms with Crippen LogP contribution in [0.1, 0.15) is 35.6 Å². The molecule has 12 N–H and O–H groups in total. The Morgan fingerprint density at radius 1 is 0.846 bits per heavy atom. The van der Waals surface area contributed by atoms with E-state index in [0.717, 1.165) is 0 Å². The highest BCUT2D eigenvalue weighted by molar-refractivity contribution is 7.46. The van der Waals surface area contributed by atoms with Gasteiger partial charge in [0.05, 0.1) is 12.8 Å². The fourth-order valence-electron chi connectivity index (χ4n) is 4.92. The molecule has 0 bridgehead atoms. The summed E-state index contributed by atoms with van der Waals surface area (Å²) in [6.07, 6.45) is -2.40. The molecule has 18 nitrogen and oxygen atoms in total. The SMILES string of the molecule is C[C@@](Cc1ccc(CC(=O)O)cc1)(NC(=O)[C@H](Cc1ccc(OP(=O)(O)O)cc1)NC(=O)OCc1cccc(N)c1)C(=O)N[C@@H](CC(N)=O)C(N)=O. The third-order valence-corrected chi connectivity index (χ3v) is 7.86. The maximum absolute atomic E-state index is 14.0. The zero-order valence-electron chi connectivity index (χ0n) is 27.8. The number of phosphoric ester groups is 1. The van der Waals surface area contributed by atoms with Crippen molar-refractivity contribution in [2.45, 2.75) is 56.8 Å². The predicted molar refractivity (Wildman–Crippen MR) is 184 cm³/mol. The second-order valence-electron chi connectivity index (χ2n) is 11.9. The van der Waals surface area contributed by atoms with Gasteiger partial charge in [-0.05, 0) is 53.4 Å². The maximum atomic E-state index is 14.0. The van der Waals surface area contributed by atoms with Gasteiger partial charge in [0.15, 0.2) is 0 Å². The average molecular weight is 743 g/mol. The lowest BCUT2D eigenvalue weighted by atomic mass is 9.89. The lowest BCUT2D eigenvalue weighted by Crippen LogP contribution is -2.64. The van der Waals surface area contributed by atoms with Gasteiger partial charge < -0.3 is 47.5 Å². The van der Waals surface area contributed by atoms with Crippen molar-refractivity contribution in [3.05, 3.63) is 95.1 Å². The van der Waals surface area contributed by atoms with Crippen LogP contribution in [-0.2, 0) is 59.1 Å². The summed E-state index contributed by atoms with van der Waals surface area (Å²) in [6.45, 7) is 1.10. The van der Waals surface area contributed by atoms with Crippen LogP contribution in [0.2, 0.25) is 0 Å². The summed E-state index contributed by atoms with van der Waals surface area (Å²) in [6, 6.07) is 14.9. The molecular weight excluding hydrogens is 703 g/mol. The normalized spacial score (nSPS) is 13.4. The van der Waals surface area contributed by atoms with Crippen molar-refractivity contribution >= 4 is 49.2 Å². The highest BCUT2D eigenvalue weighted by Gasteiger charge is 2.39. The molecule has 0 aromatic heterocycles. The fraction of sp³-hybridized carbons (Fsp3) is 0.273. The molecule has 5 amide bonds. The first-order chi connectivity index (χ1) is 24.3. The van der Waals surface area contributed by atoms with Crippen molar-refractivity contribution in [3.63, 3.8) is 0 Å². The Kier molecular flexibility index (Phi) is 13.8. The first-order valence-corrected chi connectivity index (χ1v) is 17.0. The molecule has 0 aliphatic carbocycles. The number of nitrogen functional groups attached to an aromatic ring is 1. The van der Waals surface area contributed by atoms with Crippen molar-refractivity contribution in [1.82, 2.24) is 16.0 Å². The first-order valence-electron chi connectivity index (χ1n) is 15.4. The summed E-state index contributed by atoms with van der Waals surface area (Å²) >= 11 is 0. The molecule has 19 heteroatoms. The summed E-state index contributed by atoms with van der Waals surface area (Å²) in [5.74, 6) is -5.13. The summed E-state index contributed by atoms with van der Waals surface area (Å²) in [4.78, 5) is 93.8. The topological polar surface area (TPSA) is 313 Å². The number of nitrogens with two attached hydrogens (primary N) is 3. The summed E-state index contributed by atoms with van der Waals surface area (Å²) in [5.41, 5.74) is 16.8. The molecule has 0 unspecified atom stereocenters. The van der Waals surface area contributed by atoms with Crippen molar-refractivity contribution < 1.29 is 57.5 Å². The number of hydrogen-bond donors (Lipinski definition) is 9. The Morgan fingerprint density at radius 3 is 2.02 bits per heavy atom. The zero-order valence-corrected chi connectivity index (χ0v) is 28.7. The molecule has 0 spiro atoms. The minimum Gasteiger partial charge on any atom is -0.481 e. The van der Waals surface area contributed by atoms with Crippen LogP contribution in [0, 0.1) is 0 Å². The van der Waals surface area contributed by atoms with Crippen molar-refractivity contribution in [2.75, 3.05) is 5.73 Å². The average Bonchev–Trinajstić information content (AvgIpc) is 3.03. The van der Waals surface area contributed by atoms with Gasteiger partial charge in [-0.2, -0.15) is 0 Å². The highest BCUT2D eigenvalue weighted by atomic mass is 31.2. The van der Waals surface area contributed by atoms with Gasteiger partial charge >= 0.3 is 19.9 Å². The lowest BCUT2D eigenvalue weighted by Gasteiger charge is -2.33. The van der Waals surface area contributed by atoms with Gasteiger partial charge in [-0.1, -0.05) is 48.5 Å². The van der Waals surface area contributed by atoms with E-state index in [9.17, 15) is 33.3 Å². The molecule has 0 heterocycles. The van der Waals surface area contributed by atoms with Gasteiger partial charge in [0, 0.05) is 18.5 Å². The highest BCUT2D eigenvalue weighted by Crippen LogP contribution is 2.37. The quantitative estimate of drug-likeness (QED) is 0.0621. The molecule has 3 rings (SSSR count). The molecule has 278 valence electrons. The number of ether oxygens (including phenoxy) is 1. The third kappa shape index (κ3) is 13.4. The number of carboxylic acid groups (broad SMARTS) is 1. The van der Waals surface area contributed by atoms with Crippen molar-refractivity contribution in [2.24, 2.45) is 11.5 Å². The van der Waals surface area contributed by atoms with Crippen LogP contribution in [-0.4, -0.2) is 68.2 Å². The number of hydrogen-bond acceptors (Lipinski definition) is 10. The summed E-state index contributed by atoms with van der Waals surface area (Å²) in [5, 5.41) is 16.5. The lowest BCUT2D eigenvalue weighted by molar-refractivity contribution is -0.136. The minimum atomic E-state index is -4.86. The Hall–Kier alpha value is -5.97. The molecule has 3 aromatic carbocycles. The van der Waals surface area contributed by atoms with E-state index in [-0.39, 0.29) is 31.6 Å². The van der Waals surface area contributed by atoms with E-state index in [1.54, 1.807) is 24.3 Å². The molecule has 0 saturated carbocycles. The number of benzene rings is 3. The molecule has 3 atom stereocenters. The second kappa shape index (κ2) is 17.8. The number of aliphatic carboxylic acids is 1. The number of phosphoric acid groups is 1. The second-order valence-corrected chi connectivity index (χ2v) is 13.1. The molecule has 0 aliphatic rings. The smallest absolute Gasteiger partial charge is 0.481 e. The molecule has 3 aromatic rings. The van der Waals surface area contributed by atoms with Crippen molar-refractivity contribution in [1.29, 1.82) is 0 Å². The standard InChI is InChI=1S/C33H39N6O12P/c1-33(31(45)37-25(29(36)43)16-27(35)40,17-21-7-5-20(6-8-21)15-28(41)42)39-30(44)26(14-19-9-11-24(12-10-19)51-52(47,48)49)38-32(46)50-18-22-3-2-4-23(34)13-22/h2-13,25-26H,14-18,34H2,1H3,(H2,35,40)(H2,36,43)(H,37,45)(H,38,46)(H,39,44)(H,41,42)(H2,47,48,49)/t25-,26-,33-/m0/s1. The van der Waals surface area contributed by atoms with Gasteiger partial charge in [-0.25, -0.2) is 9.36 Å². The number of rotatable bonds is 18. The number of alkyl carbamates (subject to hydrolysis) is 1. The van der Waals surface area contributed by atoms with Crippen LogP contribution < -0.4 is 37.7 Å². The Bertz CT molecular complexity index is 1830. The molecule has 0 radical (unpaired) electrons. The van der Waals surface area contributed by atoms with Crippen molar-refractivity contribution in [3.8, 4) is 5.75 Å². The molecule has 0 aliphatic heterocycles. The number of carbonyl (C=O) groups is 6. The van der Waals surface area contributed by atoms with E-state index < -0.39 is 67.6 Å². The minimum absolute atomic E-state index is 0.175. The Morgan fingerprint density at radius 2 is 1.46 bits per heavy atom. The number of carboxylic acids is 1. The Balaban J connectivity index is 1.94. The summed E-state index contributed by atoms with van der Waals surface area (Å²) in [7, 11) is -4.86. The largest absolute Gasteiger partial charge is 0.524 e. The number of amides is 5. The van der Waals surface area contributed by atoms with Gasteiger partial charge in [0.1, 0.15) is 30.0 Å². The van der Waals surface area contributed by atoms with E-state index in [1.807, 2.05) is 0 Å². The van der Waals surface area contributed by atoms with E-state index in [0.29, 0.717) is 27.9 Å². The zero-order chi connectivity index (χ0) is 38.6. The van der Waals surface area contributed by atoms with Crippen LogP contribution in [0.4, 0.5) is 10.5 Å². The first kappa shape index (κ1) is 40.5. The van der Waals surface area contributed by atoms with Gasteiger partial charge in [0.2, 0.25) is 23.6 Å². The van der Waals surface area contributed by atoms with Crippen LogP contribution in [0.15, 0.2) is 72.8 Å². The number of primary amides is 2. The predicted octanol–water partition coefficient (Wildman–Crippen LogP) is 0.168. The summed E-state index contributed by atoms with van der Waals surface area (Å²) < 4.78 is 21.1. The molecule has 0 saturated heterocycles.